The summed E-state index contributed by atoms with van der Waals surface area (Å²) < 4.78 is 21.0. The van der Waals surface area contributed by atoms with Crippen LogP contribution in [-0.4, -0.2) is 27.5 Å². The number of carboxylic acid groups (broad SMARTS) is 1. The van der Waals surface area contributed by atoms with Gasteiger partial charge in [0.15, 0.2) is 6.10 Å². The van der Waals surface area contributed by atoms with Crippen LogP contribution in [0.5, 0.6) is 5.75 Å². The summed E-state index contributed by atoms with van der Waals surface area (Å²) in [5, 5.41) is 9.14. The zero-order valence-electron chi connectivity index (χ0n) is 17.4. The largest absolute Gasteiger partial charge is 0.479 e. The number of nitrogens with zero attached hydrogens (tertiary/aromatic N) is 1. The van der Waals surface area contributed by atoms with Crippen molar-refractivity contribution < 1.29 is 23.8 Å². The van der Waals surface area contributed by atoms with Crippen LogP contribution in [-0.2, 0) is 11.3 Å². The molecule has 3 aromatic rings. The van der Waals surface area contributed by atoms with Gasteiger partial charge in [-0.25, -0.2) is 9.18 Å². The van der Waals surface area contributed by atoms with Crippen LogP contribution in [0.15, 0.2) is 66.9 Å². The van der Waals surface area contributed by atoms with E-state index in [0.29, 0.717) is 24.3 Å². The number of aromatic nitrogens is 1. The molecular formula is C25H24FNO4. The summed E-state index contributed by atoms with van der Waals surface area (Å²) in [5.74, 6) is -1.27. The first-order chi connectivity index (χ1) is 14.9. The lowest BCUT2D eigenvalue weighted by molar-refractivity contribution is -0.145. The lowest BCUT2D eigenvalue weighted by Gasteiger charge is -2.13. The number of ketones is 1. The van der Waals surface area contributed by atoms with Crippen LogP contribution in [0, 0.1) is 12.7 Å². The summed E-state index contributed by atoms with van der Waals surface area (Å²) in [6.45, 7) is 3.98. The maximum Gasteiger partial charge on any atom is 0.344 e. The fourth-order valence-corrected chi connectivity index (χ4v) is 3.14. The molecule has 1 N–H and O–H groups in total. The van der Waals surface area contributed by atoms with Crippen LogP contribution in [0.4, 0.5) is 4.39 Å². The smallest absolute Gasteiger partial charge is 0.344 e. The van der Waals surface area contributed by atoms with Crippen molar-refractivity contribution in [3.8, 4) is 5.75 Å². The van der Waals surface area contributed by atoms with Gasteiger partial charge in [0.05, 0.1) is 5.69 Å². The van der Waals surface area contributed by atoms with Gasteiger partial charge in [0.25, 0.3) is 0 Å². The molecule has 0 bridgehead atoms. The van der Waals surface area contributed by atoms with Gasteiger partial charge < -0.3 is 14.4 Å². The molecule has 0 aliphatic rings. The summed E-state index contributed by atoms with van der Waals surface area (Å²) in [7, 11) is 0. The molecule has 31 heavy (non-hydrogen) atoms. The number of aryl methyl sites for hydroxylation is 1. The molecular weight excluding hydrogens is 397 g/mol. The van der Waals surface area contributed by atoms with Gasteiger partial charge in [-0.15, -0.1) is 0 Å². The molecule has 1 atom stereocenters. The number of rotatable bonds is 9. The molecule has 2 aromatic carbocycles. The SMILES string of the molecule is CC[C@H](Oc1cccc(/C=C/Cn2cc(F)cc2C(=O)c2ccc(C)cc2)c1)C(=O)O. The molecule has 0 saturated carbocycles. The fraction of sp³-hybridized carbons (Fsp3) is 0.200. The third kappa shape index (κ3) is 5.69. The molecule has 0 radical (unpaired) electrons. The van der Waals surface area contributed by atoms with Gasteiger partial charge >= 0.3 is 5.97 Å². The number of hydrogen-bond donors (Lipinski definition) is 1. The quantitative estimate of drug-likeness (QED) is 0.487. The second-order valence-electron chi connectivity index (χ2n) is 7.22. The molecule has 160 valence electrons. The Balaban J connectivity index is 1.73. The molecule has 0 unspecified atom stereocenters. The summed E-state index contributed by atoms with van der Waals surface area (Å²) >= 11 is 0. The van der Waals surface area contributed by atoms with Crippen LogP contribution in [0.3, 0.4) is 0 Å². The van der Waals surface area contributed by atoms with Gasteiger partial charge in [0, 0.05) is 24.4 Å². The average molecular weight is 421 g/mol. The minimum Gasteiger partial charge on any atom is -0.479 e. The average Bonchev–Trinajstić information content (AvgIpc) is 3.12. The number of ether oxygens (including phenoxy) is 1. The molecule has 5 nitrogen and oxygen atoms in total. The van der Waals surface area contributed by atoms with E-state index in [4.69, 9.17) is 9.84 Å². The lowest BCUT2D eigenvalue weighted by Crippen LogP contribution is -2.25. The second-order valence-corrected chi connectivity index (χ2v) is 7.22. The van der Waals surface area contributed by atoms with Crippen LogP contribution in [0.1, 0.15) is 40.5 Å². The van der Waals surface area contributed by atoms with Crippen molar-refractivity contribution >= 4 is 17.8 Å². The third-order valence-corrected chi connectivity index (χ3v) is 4.80. The molecule has 3 rings (SSSR count). The Labute approximate surface area is 180 Å². The predicted molar refractivity (Wildman–Crippen MR) is 117 cm³/mol. The highest BCUT2D eigenvalue weighted by Crippen LogP contribution is 2.18. The third-order valence-electron chi connectivity index (χ3n) is 4.80. The Hall–Kier alpha value is -3.67. The summed E-state index contributed by atoms with van der Waals surface area (Å²) in [6, 6.07) is 15.4. The number of carbonyl (C=O) groups excluding carboxylic acids is 1. The number of benzene rings is 2. The van der Waals surface area contributed by atoms with E-state index >= 15 is 0 Å². The van der Waals surface area contributed by atoms with Crippen LogP contribution in [0.25, 0.3) is 6.08 Å². The van der Waals surface area contributed by atoms with Gasteiger partial charge in [-0.1, -0.05) is 61.0 Å². The topological polar surface area (TPSA) is 68.5 Å². The number of halogens is 1. The maximum absolute atomic E-state index is 13.9. The first-order valence-electron chi connectivity index (χ1n) is 10.0. The minimum atomic E-state index is -1.01. The summed E-state index contributed by atoms with van der Waals surface area (Å²) in [6.07, 6.45) is 4.36. The van der Waals surface area contributed by atoms with Crippen LogP contribution in [0.2, 0.25) is 0 Å². The van der Waals surface area contributed by atoms with Crippen molar-refractivity contribution in [3.05, 3.63) is 95.1 Å². The van der Waals surface area contributed by atoms with E-state index in [-0.39, 0.29) is 11.5 Å². The number of carbonyl (C=O) groups is 2. The van der Waals surface area contributed by atoms with Gasteiger partial charge in [0.1, 0.15) is 11.6 Å². The number of allylic oxidation sites excluding steroid dienone is 1. The molecule has 0 aliphatic heterocycles. The van der Waals surface area contributed by atoms with Crippen LogP contribution < -0.4 is 4.74 Å². The van der Waals surface area contributed by atoms with Crippen molar-refractivity contribution in [2.45, 2.75) is 32.9 Å². The van der Waals surface area contributed by atoms with E-state index in [9.17, 15) is 14.0 Å². The van der Waals surface area contributed by atoms with Gasteiger partial charge in [-0.05, 0) is 31.0 Å². The Morgan fingerprint density at radius 2 is 1.90 bits per heavy atom. The highest BCUT2D eigenvalue weighted by atomic mass is 19.1. The zero-order chi connectivity index (χ0) is 22.4. The Bertz CT molecular complexity index is 1100. The van der Waals surface area contributed by atoms with E-state index in [1.165, 1.54) is 12.3 Å². The van der Waals surface area contributed by atoms with Crippen molar-refractivity contribution in [2.75, 3.05) is 0 Å². The second kappa shape index (κ2) is 9.89. The normalized spacial score (nSPS) is 12.1. The molecule has 0 fully saturated rings. The minimum absolute atomic E-state index is 0.244. The number of carboxylic acids is 1. The molecule has 0 amide bonds. The molecule has 6 heteroatoms. The van der Waals surface area contributed by atoms with Crippen molar-refractivity contribution in [2.24, 2.45) is 0 Å². The number of aliphatic carboxylic acids is 1. The van der Waals surface area contributed by atoms with Gasteiger partial charge in [-0.3, -0.25) is 4.79 Å². The van der Waals surface area contributed by atoms with E-state index in [2.05, 4.69) is 0 Å². The Morgan fingerprint density at radius 1 is 1.16 bits per heavy atom. The van der Waals surface area contributed by atoms with Gasteiger partial charge in [0.2, 0.25) is 5.78 Å². The van der Waals surface area contributed by atoms with Crippen molar-refractivity contribution in [1.82, 2.24) is 4.57 Å². The fourth-order valence-electron chi connectivity index (χ4n) is 3.14. The van der Waals surface area contributed by atoms with Gasteiger partial charge in [-0.2, -0.15) is 0 Å². The van der Waals surface area contributed by atoms with E-state index < -0.39 is 17.9 Å². The monoisotopic (exact) mass is 421 g/mol. The van der Waals surface area contributed by atoms with Crippen LogP contribution >= 0.6 is 0 Å². The van der Waals surface area contributed by atoms with E-state index in [0.717, 1.165) is 11.1 Å². The molecule has 1 aromatic heterocycles. The first kappa shape index (κ1) is 22.0. The van der Waals surface area contributed by atoms with E-state index in [1.807, 2.05) is 31.2 Å². The zero-order valence-corrected chi connectivity index (χ0v) is 17.4. The Kier molecular flexibility index (Phi) is 7.03. The van der Waals surface area contributed by atoms with Crippen molar-refractivity contribution in [1.29, 1.82) is 0 Å². The standard InChI is InChI=1S/C25H24FNO4/c1-3-23(25(29)30)31-21-8-4-6-18(14-21)7-5-13-27-16-20(26)15-22(27)24(28)19-11-9-17(2)10-12-19/h4-12,14-16,23H,3,13H2,1-2H3,(H,29,30)/b7-5+/t23-/m0/s1. The Morgan fingerprint density at radius 3 is 2.58 bits per heavy atom. The van der Waals surface area contributed by atoms with Crippen molar-refractivity contribution in [3.63, 3.8) is 0 Å². The summed E-state index contributed by atoms with van der Waals surface area (Å²) in [5.41, 5.74) is 2.62. The van der Waals surface area contributed by atoms with E-state index in [1.54, 1.807) is 47.9 Å². The summed E-state index contributed by atoms with van der Waals surface area (Å²) in [4.78, 5) is 23.9. The molecule has 0 spiro atoms. The predicted octanol–water partition coefficient (Wildman–Crippen LogP) is 5.12. The molecule has 1 heterocycles. The lowest BCUT2D eigenvalue weighted by atomic mass is 10.1. The highest BCUT2D eigenvalue weighted by molar-refractivity contribution is 6.08. The maximum atomic E-state index is 13.9. The molecule has 0 aliphatic carbocycles. The first-order valence-corrected chi connectivity index (χ1v) is 10.0. The number of hydrogen-bond acceptors (Lipinski definition) is 3. The highest BCUT2D eigenvalue weighted by Gasteiger charge is 2.17. The molecule has 0 saturated heterocycles.